The fourth-order valence-corrected chi connectivity index (χ4v) is 5.23. The second-order valence-electron chi connectivity index (χ2n) is 7.58. The number of thioether (sulfide) groups is 1. The van der Waals surface area contributed by atoms with Gasteiger partial charge in [-0.25, -0.2) is 15.0 Å². The van der Waals surface area contributed by atoms with Crippen molar-refractivity contribution in [2.24, 2.45) is 4.99 Å². The number of aromatic amines is 1. The van der Waals surface area contributed by atoms with E-state index in [0.29, 0.717) is 6.04 Å². The summed E-state index contributed by atoms with van der Waals surface area (Å²) in [5.74, 6) is 0.853. The third-order valence-electron chi connectivity index (χ3n) is 5.77. The highest BCUT2D eigenvalue weighted by atomic mass is 32.2. The first-order valence-corrected chi connectivity index (χ1v) is 11.0. The predicted octanol–water partition coefficient (Wildman–Crippen LogP) is 2.79. The number of nitrogens with one attached hydrogen (secondary N) is 1. The molecule has 28 heavy (non-hydrogen) atoms. The summed E-state index contributed by atoms with van der Waals surface area (Å²) in [4.78, 5) is 23.8. The Morgan fingerprint density at radius 2 is 2.04 bits per heavy atom. The summed E-state index contributed by atoms with van der Waals surface area (Å²) in [6.07, 6.45) is 12.3. The molecule has 144 valence electrons. The van der Waals surface area contributed by atoms with Crippen LogP contribution >= 0.6 is 11.8 Å². The second kappa shape index (κ2) is 7.54. The molecule has 0 bridgehead atoms. The number of imidazole rings is 1. The Morgan fingerprint density at radius 3 is 2.93 bits per heavy atom. The highest BCUT2D eigenvalue weighted by molar-refractivity contribution is 7.99. The van der Waals surface area contributed by atoms with Crippen molar-refractivity contribution in [2.45, 2.75) is 56.3 Å². The molecule has 1 N–H and O–H groups in total. The Morgan fingerprint density at radius 1 is 1.14 bits per heavy atom. The SMILES string of the molecule is Cc1cccc2c1=CN(C1CCCCC1)C(CSc1ncnc3nc[nH]c13)N=2. The summed E-state index contributed by atoms with van der Waals surface area (Å²) in [5.41, 5.74) is 2.92. The van der Waals surface area contributed by atoms with Crippen molar-refractivity contribution in [3.8, 4) is 0 Å². The molecular weight excluding hydrogens is 368 g/mol. The van der Waals surface area contributed by atoms with E-state index in [0.717, 1.165) is 27.3 Å². The maximum absolute atomic E-state index is 5.15. The normalized spacial score (nSPS) is 19.9. The zero-order valence-electron chi connectivity index (χ0n) is 16.0. The molecule has 0 radical (unpaired) electrons. The molecule has 1 fully saturated rings. The molecule has 1 unspecified atom stereocenters. The van der Waals surface area contributed by atoms with E-state index in [2.05, 4.69) is 56.2 Å². The largest absolute Gasteiger partial charge is 0.352 e. The number of fused-ring (bicyclic) bond motifs is 2. The number of nitrogens with zero attached hydrogens (tertiary/aromatic N) is 5. The molecule has 0 amide bonds. The van der Waals surface area contributed by atoms with E-state index in [4.69, 9.17) is 4.99 Å². The van der Waals surface area contributed by atoms with Crippen LogP contribution in [0.4, 0.5) is 0 Å². The van der Waals surface area contributed by atoms with Gasteiger partial charge in [0.25, 0.3) is 0 Å². The molecule has 3 aromatic rings. The monoisotopic (exact) mass is 392 g/mol. The number of rotatable bonds is 4. The van der Waals surface area contributed by atoms with Crippen LogP contribution in [0.25, 0.3) is 17.4 Å². The van der Waals surface area contributed by atoms with Gasteiger partial charge in [0.15, 0.2) is 5.65 Å². The Labute approximate surface area is 168 Å². The fraction of sp³-hybridized carbons (Fsp3) is 0.429. The van der Waals surface area contributed by atoms with Gasteiger partial charge in [-0.15, -0.1) is 0 Å². The van der Waals surface area contributed by atoms with Crippen LogP contribution in [-0.4, -0.2) is 42.8 Å². The van der Waals surface area contributed by atoms with Gasteiger partial charge in [0, 0.05) is 23.2 Å². The summed E-state index contributed by atoms with van der Waals surface area (Å²) in [7, 11) is 0. The molecule has 1 atom stereocenters. The molecule has 6 nitrogen and oxygen atoms in total. The molecule has 1 aliphatic heterocycles. The molecule has 1 aliphatic carbocycles. The first-order chi connectivity index (χ1) is 13.8. The molecule has 5 rings (SSSR count). The van der Waals surface area contributed by atoms with Crippen molar-refractivity contribution < 1.29 is 0 Å². The fourth-order valence-electron chi connectivity index (χ4n) is 4.27. The summed E-state index contributed by atoms with van der Waals surface area (Å²) in [6.45, 7) is 2.18. The predicted molar refractivity (Wildman–Crippen MR) is 111 cm³/mol. The minimum Gasteiger partial charge on any atom is -0.352 e. The van der Waals surface area contributed by atoms with E-state index in [1.165, 1.54) is 42.9 Å². The number of benzene rings is 1. The molecular formula is C21H24N6S. The molecule has 0 spiro atoms. The Hall–Kier alpha value is -2.41. The lowest BCUT2D eigenvalue weighted by Crippen LogP contribution is -2.48. The van der Waals surface area contributed by atoms with Gasteiger partial charge in [0.2, 0.25) is 0 Å². The van der Waals surface area contributed by atoms with Crippen molar-refractivity contribution >= 4 is 29.1 Å². The summed E-state index contributed by atoms with van der Waals surface area (Å²) in [5, 5.41) is 3.32. The Bertz CT molecular complexity index is 1100. The van der Waals surface area contributed by atoms with Gasteiger partial charge in [0.1, 0.15) is 23.0 Å². The minimum atomic E-state index is 0.121. The Balaban J connectivity index is 1.47. The van der Waals surface area contributed by atoms with Crippen LogP contribution in [0.5, 0.6) is 0 Å². The van der Waals surface area contributed by atoms with Crippen LogP contribution in [0.1, 0.15) is 37.7 Å². The lowest BCUT2D eigenvalue weighted by atomic mass is 9.94. The maximum atomic E-state index is 5.15. The van der Waals surface area contributed by atoms with Crippen molar-refractivity contribution in [3.63, 3.8) is 0 Å². The lowest BCUT2D eigenvalue weighted by molar-refractivity contribution is 0.194. The van der Waals surface area contributed by atoms with Gasteiger partial charge in [-0.2, -0.15) is 0 Å². The zero-order chi connectivity index (χ0) is 18.9. The third-order valence-corrected chi connectivity index (χ3v) is 6.81. The maximum Gasteiger partial charge on any atom is 0.181 e. The summed E-state index contributed by atoms with van der Waals surface area (Å²) < 4.78 is 0. The van der Waals surface area contributed by atoms with Crippen LogP contribution < -0.4 is 10.6 Å². The van der Waals surface area contributed by atoms with Crippen LogP contribution in [0.15, 0.2) is 40.9 Å². The van der Waals surface area contributed by atoms with E-state index in [9.17, 15) is 0 Å². The highest BCUT2D eigenvalue weighted by Gasteiger charge is 2.27. The van der Waals surface area contributed by atoms with Crippen molar-refractivity contribution in [1.29, 1.82) is 0 Å². The average Bonchev–Trinajstić information content (AvgIpc) is 3.22. The zero-order valence-corrected chi connectivity index (χ0v) is 16.8. The van der Waals surface area contributed by atoms with Gasteiger partial charge >= 0.3 is 0 Å². The quantitative estimate of drug-likeness (QED) is 0.546. The molecule has 2 aromatic heterocycles. The van der Waals surface area contributed by atoms with Crippen LogP contribution in [0, 0.1) is 6.92 Å². The summed E-state index contributed by atoms with van der Waals surface area (Å²) in [6, 6.07) is 6.99. The standard InChI is InChI=1S/C21H24N6S/c1-14-6-5-9-17-16(14)10-27(15-7-3-2-4-8-15)18(26-17)11-28-21-19-20(23-12-22-19)24-13-25-21/h5-6,9-10,12-13,15,18H,2-4,7-8,11H2,1H3,(H,22,23,24,25). The van der Waals surface area contributed by atoms with Crippen LogP contribution in [0.3, 0.4) is 0 Å². The highest BCUT2D eigenvalue weighted by Crippen LogP contribution is 2.29. The number of aryl methyl sites for hydroxylation is 1. The van der Waals surface area contributed by atoms with E-state index in [1.807, 2.05) is 0 Å². The van der Waals surface area contributed by atoms with Gasteiger partial charge < -0.3 is 9.88 Å². The smallest absolute Gasteiger partial charge is 0.181 e. The molecule has 1 aromatic carbocycles. The van der Waals surface area contributed by atoms with Crippen molar-refractivity contribution in [2.75, 3.05) is 5.75 Å². The first-order valence-electron chi connectivity index (χ1n) is 9.99. The van der Waals surface area contributed by atoms with E-state index >= 15 is 0 Å². The average molecular weight is 393 g/mol. The number of H-pyrrole nitrogens is 1. The molecule has 1 saturated carbocycles. The van der Waals surface area contributed by atoms with E-state index in [-0.39, 0.29) is 6.17 Å². The van der Waals surface area contributed by atoms with E-state index < -0.39 is 0 Å². The first kappa shape index (κ1) is 17.7. The summed E-state index contributed by atoms with van der Waals surface area (Å²) >= 11 is 1.73. The molecule has 3 heterocycles. The van der Waals surface area contributed by atoms with Crippen LogP contribution in [0.2, 0.25) is 0 Å². The number of aromatic nitrogens is 4. The molecule has 0 saturated heterocycles. The van der Waals surface area contributed by atoms with E-state index in [1.54, 1.807) is 24.4 Å². The number of hydrogen-bond donors (Lipinski definition) is 1. The van der Waals surface area contributed by atoms with Crippen molar-refractivity contribution in [1.82, 2.24) is 24.8 Å². The van der Waals surface area contributed by atoms with Gasteiger partial charge in [0.05, 0.1) is 11.7 Å². The Kier molecular flexibility index (Phi) is 4.76. The van der Waals surface area contributed by atoms with Crippen molar-refractivity contribution in [3.05, 3.63) is 47.0 Å². The van der Waals surface area contributed by atoms with Gasteiger partial charge in [-0.1, -0.05) is 43.2 Å². The topological polar surface area (TPSA) is 70.1 Å². The second-order valence-corrected chi connectivity index (χ2v) is 8.59. The van der Waals surface area contributed by atoms with Gasteiger partial charge in [-0.3, -0.25) is 4.99 Å². The number of hydrogen-bond acceptors (Lipinski definition) is 6. The third kappa shape index (κ3) is 3.28. The van der Waals surface area contributed by atoms with Gasteiger partial charge in [-0.05, 0) is 31.4 Å². The van der Waals surface area contributed by atoms with Crippen LogP contribution in [-0.2, 0) is 0 Å². The lowest BCUT2D eigenvalue weighted by Gasteiger charge is -2.39. The molecule has 7 heteroatoms. The molecule has 2 aliphatic rings. The minimum absolute atomic E-state index is 0.121.